The lowest BCUT2D eigenvalue weighted by Crippen LogP contribution is -2.19. The van der Waals surface area contributed by atoms with E-state index in [4.69, 9.17) is 4.74 Å². The molecule has 1 fully saturated rings. The Morgan fingerprint density at radius 3 is 2.86 bits per heavy atom. The molecule has 4 nitrogen and oxygen atoms in total. The van der Waals surface area contributed by atoms with E-state index in [-0.39, 0.29) is 17.9 Å². The molecule has 3 atom stereocenters. The van der Waals surface area contributed by atoms with E-state index in [9.17, 15) is 9.90 Å². The number of fused-ring (bicyclic) bond motifs is 1. The van der Waals surface area contributed by atoms with Crippen LogP contribution in [0.2, 0.25) is 0 Å². The second-order valence-corrected chi connectivity index (χ2v) is 5.95. The normalized spacial score (nSPS) is 25.8. The molecule has 2 aliphatic heterocycles. The van der Waals surface area contributed by atoms with Crippen molar-refractivity contribution in [3.8, 4) is 0 Å². The molecule has 0 radical (unpaired) electrons. The van der Waals surface area contributed by atoms with Gasteiger partial charge in [-0.2, -0.15) is 0 Å². The molecule has 1 saturated heterocycles. The van der Waals surface area contributed by atoms with Crippen molar-refractivity contribution in [2.45, 2.75) is 57.7 Å². The van der Waals surface area contributed by atoms with Crippen LogP contribution in [0.5, 0.6) is 0 Å². The number of aliphatic hydroxyl groups is 1. The number of carbonyl (C=O) groups is 1. The molecule has 1 amide bonds. The predicted octanol–water partition coefficient (Wildman–Crippen LogP) is 2.91. The average Bonchev–Trinajstić information content (AvgIpc) is 3.12. The number of carbonyl (C=O) groups excluding carboxylic acids is 1. The number of rotatable bonds is 4. The third-order valence-corrected chi connectivity index (χ3v) is 4.65. The first kappa shape index (κ1) is 14.5. The van der Waals surface area contributed by atoms with Gasteiger partial charge in [-0.15, -0.1) is 0 Å². The summed E-state index contributed by atoms with van der Waals surface area (Å²) in [6.45, 7) is 4.82. The zero-order valence-electron chi connectivity index (χ0n) is 12.7. The molecule has 2 N–H and O–H groups in total. The highest BCUT2D eigenvalue weighted by molar-refractivity contribution is 6.03. The molecule has 2 aliphatic rings. The van der Waals surface area contributed by atoms with E-state index in [1.807, 2.05) is 13.0 Å². The molecule has 114 valence electrons. The fraction of sp³-hybridized carbons (Fsp3) is 0.588. The van der Waals surface area contributed by atoms with Crippen molar-refractivity contribution in [1.82, 2.24) is 0 Å². The van der Waals surface area contributed by atoms with E-state index in [0.29, 0.717) is 6.61 Å². The minimum atomic E-state index is -0.663. The summed E-state index contributed by atoms with van der Waals surface area (Å²) in [5, 5.41) is 13.6. The van der Waals surface area contributed by atoms with Gasteiger partial charge >= 0.3 is 0 Å². The smallest absolute Gasteiger partial charge is 0.232 e. The maximum Gasteiger partial charge on any atom is 0.232 e. The predicted molar refractivity (Wildman–Crippen MR) is 81.4 cm³/mol. The molecule has 21 heavy (non-hydrogen) atoms. The molecule has 0 saturated carbocycles. The second-order valence-electron chi connectivity index (χ2n) is 5.95. The highest BCUT2D eigenvalue weighted by Gasteiger charge is 2.35. The van der Waals surface area contributed by atoms with Crippen molar-refractivity contribution in [1.29, 1.82) is 0 Å². The zero-order valence-corrected chi connectivity index (χ0v) is 12.7. The van der Waals surface area contributed by atoms with Gasteiger partial charge in [-0.05, 0) is 36.8 Å². The fourth-order valence-corrected chi connectivity index (χ4v) is 3.42. The van der Waals surface area contributed by atoms with Crippen LogP contribution >= 0.6 is 0 Å². The Morgan fingerprint density at radius 2 is 2.24 bits per heavy atom. The number of hydrogen-bond donors (Lipinski definition) is 2. The summed E-state index contributed by atoms with van der Waals surface area (Å²) in [6.07, 6.45) is 2.71. The van der Waals surface area contributed by atoms with Crippen LogP contribution in [0.25, 0.3) is 0 Å². The van der Waals surface area contributed by atoms with E-state index < -0.39 is 6.10 Å². The Labute approximate surface area is 125 Å². The van der Waals surface area contributed by atoms with E-state index in [2.05, 4.69) is 18.3 Å². The van der Waals surface area contributed by atoms with Crippen LogP contribution in [0, 0.1) is 0 Å². The standard InChI is InChI=1S/C17H23NO3/c1-3-10-8-12-11(4-2)17(20)18-15(12)13(9-10)16(19)14-6-5-7-21-14/h8-9,11,14,16,19H,3-7H2,1-2H3,(H,18,20). The topological polar surface area (TPSA) is 58.6 Å². The number of amides is 1. The minimum absolute atomic E-state index is 0.0431. The summed E-state index contributed by atoms with van der Waals surface area (Å²) in [5.41, 5.74) is 3.83. The summed E-state index contributed by atoms with van der Waals surface area (Å²) in [7, 11) is 0. The van der Waals surface area contributed by atoms with Crippen molar-refractivity contribution >= 4 is 11.6 Å². The molecule has 0 aliphatic carbocycles. The van der Waals surface area contributed by atoms with Gasteiger partial charge in [-0.3, -0.25) is 4.79 Å². The number of benzene rings is 1. The lowest BCUT2D eigenvalue weighted by Gasteiger charge is -2.21. The summed E-state index contributed by atoms with van der Waals surface area (Å²) < 4.78 is 5.62. The second kappa shape index (κ2) is 5.78. The molecule has 0 aromatic heterocycles. The van der Waals surface area contributed by atoms with Crippen LogP contribution in [0.15, 0.2) is 12.1 Å². The van der Waals surface area contributed by atoms with Crippen LogP contribution in [0.4, 0.5) is 5.69 Å². The van der Waals surface area contributed by atoms with E-state index >= 15 is 0 Å². The lowest BCUT2D eigenvalue weighted by atomic mass is 9.90. The molecule has 3 rings (SSSR count). The number of ether oxygens (including phenoxy) is 1. The molecule has 3 unspecified atom stereocenters. The number of anilines is 1. The van der Waals surface area contributed by atoms with Gasteiger partial charge in [0.25, 0.3) is 0 Å². The average molecular weight is 289 g/mol. The molecular formula is C17H23NO3. The van der Waals surface area contributed by atoms with Gasteiger partial charge in [-0.25, -0.2) is 0 Å². The lowest BCUT2D eigenvalue weighted by molar-refractivity contribution is -0.117. The van der Waals surface area contributed by atoms with Gasteiger partial charge in [0.15, 0.2) is 0 Å². The molecule has 0 spiro atoms. The maximum atomic E-state index is 12.1. The van der Waals surface area contributed by atoms with Gasteiger partial charge in [0.1, 0.15) is 6.10 Å². The van der Waals surface area contributed by atoms with Crippen molar-refractivity contribution in [2.75, 3.05) is 11.9 Å². The van der Waals surface area contributed by atoms with Crippen molar-refractivity contribution in [2.24, 2.45) is 0 Å². The van der Waals surface area contributed by atoms with Gasteiger partial charge in [0.05, 0.1) is 17.7 Å². The van der Waals surface area contributed by atoms with Gasteiger partial charge in [0, 0.05) is 12.2 Å². The quantitative estimate of drug-likeness (QED) is 0.896. The highest BCUT2D eigenvalue weighted by Crippen LogP contribution is 2.42. The maximum absolute atomic E-state index is 12.1. The molecule has 0 bridgehead atoms. The largest absolute Gasteiger partial charge is 0.386 e. The Bertz CT molecular complexity index is 549. The third kappa shape index (κ3) is 2.47. The molecule has 1 aromatic rings. The summed E-state index contributed by atoms with van der Waals surface area (Å²) >= 11 is 0. The fourth-order valence-electron chi connectivity index (χ4n) is 3.42. The Morgan fingerprint density at radius 1 is 1.43 bits per heavy atom. The van der Waals surface area contributed by atoms with Gasteiger partial charge in [-0.1, -0.05) is 26.0 Å². The SMILES string of the molecule is CCc1cc2c(c(C(O)C3CCCO3)c1)NC(=O)C2CC. The Hall–Kier alpha value is -1.39. The first-order valence-corrected chi connectivity index (χ1v) is 7.93. The van der Waals surface area contributed by atoms with E-state index in [1.165, 1.54) is 0 Å². The number of nitrogens with one attached hydrogen (secondary N) is 1. The van der Waals surface area contributed by atoms with E-state index in [1.54, 1.807) is 0 Å². The third-order valence-electron chi connectivity index (χ3n) is 4.65. The number of aryl methyl sites for hydroxylation is 1. The summed E-state index contributed by atoms with van der Waals surface area (Å²) in [6, 6.07) is 4.12. The number of aliphatic hydroxyl groups excluding tert-OH is 1. The Kier molecular flexibility index (Phi) is 4.00. The summed E-state index contributed by atoms with van der Waals surface area (Å²) in [4.78, 5) is 12.1. The van der Waals surface area contributed by atoms with Crippen LogP contribution in [0.3, 0.4) is 0 Å². The molecule has 4 heteroatoms. The van der Waals surface area contributed by atoms with Crippen molar-refractivity contribution < 1.29 is 14.6 Å². The molecule has 1 aromatic carbocycles. The van der Waals surface area contributed by atoms with Gasteiger partial charge < -0.3 is 15.2 Å². The van der Waals surface area contributed by atoms with Crippen molar-refractivity contribution in [3.63, 3.8) is 0 Å². The number of hydrogen-bond acceptors (Lipinski definition) is 3. The Balaban J connectivity index is 2.04. The van der Waals surface area contributed by atoms with Gasteiger partial charge in [0.2, 0.25) is 5.91 Å². The van der Waals surface area contributed by atoms with Crippen molar-refractivity contribution in [3.05, 3.63) is 28.8 Å². The van der Waals surface area contributed by atoms with Crippen LogP contribution in [-0.2, 0) is 16.0 Å². The highest BCUT2D eigenvalue weighted by atomic mass is 16.5. The monoisotopic (exact) mass is 289 g/mol. The van der Waals surface area contributed by atoms with Crippen LogP contribution in [-0.4, -0.2) is 23.7 Å². The summed E-state index contributed by atoms with van der Waals surface area (Å²) in [5.74, 6) is -0.0523. The first-order valence-electron chi connectivity index (χ1n) is 7.93. The van der Waals surface area contributed by atoms with E-state index in [0.717, 1.165) is 48.1 Å². The zero-order chi connectivity index (χ0) is 15.0. The molecular weight excluding hydrogens is 266 g/mol. The van der Waals surface area contributed by atoms with Crippen LogP contribution in [0.1, 0.15) is 61.8 Å². The minimum Gasteiger partial charge on any atom is -0.386 e. The molecule has 2 heterocycles. The first-order chi connectivity index (χ1) is 10.2. The van der Waals surface area contributed by atoms with Crippen LogP contribution < -0.4 is 5.32 Å².